The van der Waals surface area contributed by atoms with Crippen molar-refractivity contribution >= 4 is 22.6 Å². The molecule has 144 valence electrons. The second-order valence-corrected chi connectivity index (χ2v) is 8.64. The average molecular weight is 369 g/mol. The number of benzene rings is 1. The lowest BCUT2D eigenvalue weighted by Crippen LogP contribution is -2.30. The Kier molecular flexibility index (Phi) is 4.26. The summed E-state index contributed by atoms with van der Waals surface area (Å²) in [7, 11) is 1.99. The van der Waals surface area contributed by atoms with E-state index < -0.39 is 11.4 Å². The van der Waals surface area contributed by atoms with Crippen LogP contribution in [0.25, 0.3) is 10.9 Å². The monoisotopic (exact) mass is 369 g/mol. The summed E-state index contributed by atoms with van der Waals surface area (Å²) >= 11 is 0. The molecule has 0 bridgehead atoms. The number of carboxylic acid groups (broad SMARTS) is 1. The molecular formula is C21H27N3O3. The predicted molar refractivity (Wildman–Crippen MR) is 107 cm³/mol. The quantitative estimate of drug-likeness (QED) is 0.848. The van der Waals surface area contributed by atoms with Gasteiger partial charge in [-0.3, -0.25) is 4.79 Å². The molecule has 1 unspecified atom stereocenters. The molecule has 1 aliphatic heterocycles. The van der Waals surface area contributed by atoms with Crippen molar-refractivity contribution in [1.82, 2.24) is 9.88 Å². The summed E-state index contributed by atoms with van der Waals surface area (Å²) in [6, 6.07) is 6.13. The van der Waals surface area contributed by atoms with Gasteiger partial charge < -0.3 is 19.9 Å². The van der Waals surface area contributed by atoms with E-state index in [4.69, 9.17) is 0 Å². The summed E-state index contributed by atoms with van der Waals surface area (Å²) in [5.41, 5.74) is 1.63. The zero-order valence-corrected chi connectivity index (χ0v) is 16.2. The van der Waals surface area contributed by atoms with Crippen LogP contribution in [0.3, 0.4) is 0 Å². The molecule has 2 heterocycles. The molecule has 0 amide bonds. The Morgan fingerprint density at radius 3 is 2.70 bits per heavy atom. The molecule has 1 aromatic carbocycles. The summed E-state index contributed by atoms with van der Waals surface area (Å²) in [5.74, 6) is -0.602. The first kappa shape index (κ1) is 18.0. The van der Waals surface area contributed by atoms with Gasteiger partial charge in [-0.2, -0.15) is 0 Å². The molecular weight excluding hydrogens is 342 g/mol. The lowest BCUT2D eigenvalue weighted by atomic mass is 9.82. The fourth-order valence-corrected chi connectivity index (χ4v) is 4.32. The molecule has 1 aliphatic carbocycles. The minimum atomic E-state index is -1.16. The molecule has 1 saturated carbocycles. The Hall–Kier alpha value is -2.34. The fourth-order valence-electron chi connectivity index (χ4n) is 4.32. The van der Waals surface area contributed by atoms with Crippen LogP contribution in [0, 0.1) is 11.3 Å². The number of fused-ring (bicyclic) bond motifs is 1. The van der Waals surface area contributed by atoms with Gasteiger partial charge in [-0.25, -0.2) is 4.79 Å². The number of aromatic nitrogens is 1. The third kappa shape index (κ3) is 3.12. The van der Waals surface area contributed by atoms with Crippen LogP contribution in [0.4, 0.5) is 5.69 Å². The largest absolute Gasteiger partial charge is 0.477 e. The van der Waals surface area contributed by atoms with Crippen molar-refractivity contribution in [1.29, 1.82) is 0 Å². The third-order valence-electron chi connectivity index (χ3n) is 6.15. The van der Waals surface area contributed by atoms with Crippen molar-refractivity contribution in [3.8, 4) is 0 Å². The highest BCUT2D eigenvalue weighted by Crippen LogP contribution is 2.40. The topological polar surface area (TPSA) is 74.6 Å². The maximum absolute atomic E-state index is 12.6. The molecule has 6 nitrogen and oxygen atoms in total. The number of carbonyl (C=O) groups is 1. The van der Waals surface area contributed by atoms with Crippen molar-refractivity contribution in [2.24, 2.45) is 11.3 Å². The fraction of sp³-hybridized carbons (Fsp3) is 0.524. The van der Waals surface area contributed by atoms with E-state index in [1.54, 1.807) is 6.07 Å². The number of nitrogens with one attached hydrogen (secondary N) is 1. The number of carboxylic acids is 1. The molecule has 1 aromatic heterocycles. The first-order valence-corrected chi connectivity index (χ1v) is 9.63. The average Bonchev–Trinajstić information content (AvgIpc) is 3.40. The number of pyridine rings is 1. The van der Waals surface area contributed by atoms with E-state index in [9.17, 15) is 14.7 Å². The lowest BCUT2D eigenvalue weighted by molar-refractivity contribution is 0.0695. The molecule has 0 spiro atoms. The van der Waals surface area contributed by atoms with Gasteiger partial charge in [-0.1, -0.05) is 13.8 Å². The van der Waals surface area contributed by atoms with Crippen molar-refractivity contribution in [2.75, 3.05) is 31.6 Å². The summed E-state index contributed by atoms with van der Waals surface area (Å²) in [5, 5.41) is 13.2. The van der Waals surface area contributed by atoms with Gasteiger partial charge in [-0.15, -0.1) is 0 Å². The molecule has 0 radical (unpaired) electrons. The lowest BCUT2D eigenvalue weighted by Gasteiger charge is -2.25. The van der Waals surface area contributed by atoms with Gasteiger partial charge in [-0.05, 0) is 56.0 Å². The maximum atomic E-state index is 12.6. The molecule has 4 rings (SSSR count). The Bertz CT molecular complexity index is 959. The van der Waals surface area contributed by atoms with Gasteiger partial charge in [0.1, 0.15) is 5.56 Å². The van der Waals surface area contributed by atoms with Crippen molar-refractivity contribution in [3.63, 3.8) is 0 Å². The molecule has 2 aliphatic rings. The third-order valence-corrected chi connectivity index (χ3v) is 6.15. The highest BCUT2D eigenvalue weighted by atomic mass is 16.4. The summed E-state index contributed by atoms with van der Waals surface area (Å²) in [6.45, 7) is 7.52. The van der Waals surface area contributed by atoms with Gasteiger partial charge in [0.15, 0.2) is 0 Å². The van der Waals surface area contributed by atoms with E-state index in [0.29, 0.717) is 17.3 Å². The van der Waals surface area contributed by atoms with Crippen molar-refractivity contribution in [3.05, 3.63) is 40.2 Å². The summed E-state index contributed by atoms with van der Waals surface area (Å²) in [4.78, 5) is 26.5. The van der Waals surface area contributed by atoms with Crippen LogP contribution < -0.4 is 15.6 Å². The standard InChI is InChI=1S/C21H27N3O3/c1-21(2)12-23(10-13(21)9-22-3)15-6-7-16-18(8-15)24(14-4-5-14)11-17(19(16)25)20(26)27/h6-8,11,13-14,22H,4-5,9-10,12H2,1-3H3,(H,26,27). The Labute approximate surface area is 158 Å². The smallest absolute Gasteiger partial charge is 0.341 e. The molecule has 2 aromatic rings. The Morgan fingerprint density at radius 2 is 2.07 bits per heavy atom. The minimum Gasteiger partial charge on any atom is -0.477 e. The number of rotatable bonds is 5. The highest BCUT2D eigenvalue weighted by molar-refractivity contribution is 5.93. The Balaban J connectivity index is 1.79. The zero-order valence-electron chi connectivity index (χ0n) is 16.2. The number of hydrogen-bond donors (Lipinski definition) is 2. The second-order valence-electron chi connectivity index (χ2n) is 8.64. The van der Waals surface area contributed by atoms with Crippen molar-refractivity contribution < 1.29 is 9.90 Å². The van der Waals surface area contributed by atoms with E-state index in [1.807, 2.05) is 17.7 Å². The summed E-state index contributed by atoms with van der Waals surface area (Å²) in [6.07, 6.45) is 3.59. The van der Waals surface area contributed by atoms with E-state index in [2.05, 4.69) is 30.1 Å². The molecule has 2 N–H and O–H groups in total. The zero-order chi connectivity index (χ0) is 19.3. The molecule has 27 heavy (non-hydrogen) atoms. The number of nitrogens with zero attached hydrogens (tertiary/aromatic N) is 2. The van der Waals surface area contributed by atoms with Gasteiger partial charge >= 0.3 is 5.97 Å². The maximum Gasteiger partial charge on any atom is 0.341 e. The van der Waals surface area contributed by atoms with Crippen LogP contribution in [0.5, 0.6) is 0 Å². The van der Waals surface area contributed by atoms with Crippen LogP contribution in [-0.2, 0) is 0 Å². The second kappa shape index (κ2) is 6.37. The molecule has 1 atom stereocenters. The van der Waals surface area contributed by atoms with E-state index >= 15 is 0 Å². The molecule has 6 heteroatoms. The SMILES string of the molecule is CNCC1CN(c2ccc3c(=O)c(C(=O)O)cn(C4CC4)c3c2)CC1(C)C. The van der Waals surface area contributed by atoms with Crippen LogP contribution in [0.2, 0.25) is 0 Å². The van der Waals surface area contributed by atoms with Crippen LogP contribution in [0.15, 0.2) is 29.2 Å². The highest BCUT2D eigenvalue weighted by Gasteiger charge is 2.39. The first-order valence-electron chi connectivity index (χ1n) is 9.63. The normalized spacial score (nSPS) is 21.7. The predicted octanol–water partition coefficient (Wildman–Crippen LogP) is 2.72. The van der Waals surface area contributed by atoms with Gasteiger partial charge in [0, 0.05) is 36.4 Å². The number of anilines is 1. The van der Waals surface area contributed by atoms with E-state index in [1.165, 1.54) is 6.20 Å². The van der Waals surface area contributed by atoms with E-state index in [0.717, 1.165) is 43.7 Å². The van der Waals surface area contributed by atoms with Crippen molar-refractivity contribution in [2.45, 2.75) is 32.7 Å². The molecule has 2 fully saturated rings. The number of hydrogen-bond acceptors (Lipinski definition) is 4. The van der Waals surface area contributed by atoms with Crippen LogP contribution in [-0.4, -0.2) is 42.3 Å². The van der Waals surface area contributed by atoms with E-state index in [-0.39, 0.29) is 11.0 Å². The van der Waals surface area contributed by atoms with Gasteiger partial charge in [0.05, 0.1) is 5.52 Å². The number of aromatic carboxylic acids is 1. The van der Waals surface area contributed by atoms with Gasteiger partial charge in [0.25, 0.3) is 0 Å². The summed E-state index contributed by atoms with van der Waals surface area (Å²) < 4.78 is 2.00. The minimum absolute atomic E-state index is 0.140. The van der Waals surface area contributed by atoms with Crippen LogP contribution in [0.1, 0.15) is 43.1 Å². The first-order chi connectivity index (χ1) is 12.8. The van der Waals surface area contributed by atoms with Gasteiger partial charge in [0.2, 0.25) is 5.43 Å². The molecule has 1 saturated heterocycles. The Morgan fingerprint density at radius 1 is 1.33 bits per heavy atom. The van der Waals surface area contributed by atoms with Crippen LogP contribution >= 0.6 is 0 Å².